The van der Waals surface area contributed by atoms with Crippen LogP contribution in [0.25, 0.3) is 0 Å². The van der Waals surface area contributed by atoms with Gasteiger partial charge in [-0.1, -0.05) is 61.4 Å². The van der Waals surface area contributed by atoms with Gasteiger partial charge in [0.25, 0.3) is 0 Å². The molecular weight excluding hydrogens is 458 g/mol. The quantitative estimate of drug-likeness (QED) is 0.445. The maximum absolute atomic E-state index is 13.0. The van der Waals surface area contributed by atoms with E-state index in [9.17, 15) is 13.2 Å². The van der Waals surface area contributed by atoms with Crippen LogP contribution < -0.4 is 0 Å². The van der Waals surface area contributed by atoms with Gasteiger partial charge in [0.2, 0.25) is 15.9 Å². The molecule has 0 aliphatic heterocycles. The Kier molecular flexibility index (Phi) is 9.73. The van der Waals surface area contributed by atoms with Crippen molar-refractivity contribution in [2.75, 3.05) is 33.1 Å². The smallest absolute Gasteiger partial charge is 0.244 e. The summed E-state index contributed by atoms with van der Waals surface area (Å²) in [5, 5.41) is 0.619. The Bertz CT molecular complexity index is 979. The van der Waals surface area contributed by atoms with Gasteiger partial charge in [0.1, 0.15) is 4.90 Å². The Balaban J connectivity index is 1.59. The average molecular weight is 492 g/mol. The molecule has 1 fully saturated rings. The molecule has 0 atom stereocenters. The second-order valence-electron chi connectivity index (χ2n) is 8.23. The van der Waals surface area contributed by atoms with E-state index >= 15 is 0 Å². The van der Waals surface area contributed by atoms with Gasteiger partial charge in [-0.2, -0.15) is 4.31 Å². The Morgan fingerprint density at radius 1 is 1.12 bits per heavy atom. The first-order valence-electron chi connectivity index (χ1n) is 11.3. The van der Waals surface area contributed by atoms with Crippen molar-refractivity contribution < 1.29 is 17.9 Å². The minimum absolute atomic E-state index is 0.0172. The minimum Gasteiger partial charge on any atom is -0.383 e. The van der Waals surface area contributed by atoms with Crippen LogP contribution in [0.2, 0.25) is 0 Å². The molecule has 0 N–H and O–H groups in total. The summed E-state index contributed by atoms with van der Waals surface area (Å²) in [6, 6.07) is 13.2. The molecule has 0 unspecified atom stereocenters. The van der Waals surface area contributed by atoms with Crippen LogP contribution in [0.5, 0.6) is 0 Å². The van der Waals surface area contributed by atoms with Crippen molar-refractivity contribution in [2.45, 2.75) is 54.6 Å². The second kappa shape index (κ2) is 12.5. The molecule has 0 radical (unpaired) electrons. The molecule has 1 heterocycles. The van der Waals surface area contributed by atoms with E-state index in [0.717, 1.165) is 31.2 Å². The third kappa shape index (κ3) is 7.27. The summed E-state index contributed by atoms with van der Waals surface area (Å²) in [6.07, 6.45) is 6.51. The molecule has 9 heteroatoms. The van der Waals surface area contributed by atoms with E-state index in [1.54, 1.807) is 31.2 Å². The summed E-state index contributed by atoms with van der Waals surface area (Å²) in [4.78, 5) is 19.1. The lowest BCUT2D eigenvalue weighted by atomic mass is 9.96. The zero-order valence-electron chi connectivity index (χ0n) is 19.4. The molecular formula is C24H33N3O4S2. The predicted octanol–water partition coefficient (Wildman–Crippen LogP) is 3.80. The number of amides is 1. The highest BCUT2D eigenvalue weighted by molar-refractivity contribution is 7.99. The number of nitrogens with zero attached hydrogens (tertiary/aromatic N) is 3. The number of hydrogen-bond acceptors (Lipinski definition) is 6. The van der Waals surface area contributed by atoms with E-state index in [2.05, 4.69) is 4.98 Å². The molecule has 1 aromatic carbocycles. The largest absolute Gasteiger partial charge is 0.383 e. The summed E-state index contributed by atoms with van der Waals surface area (Å²) < 4.78 is 32.6. The number of hydrogen-bond donors (Lipinski definition) is 0. The van der Waals surface area contributed by atoms with Gasteiger partial charge in [0, 0.05) is 39.5 Å². The second-order valence-corrected chi connectivity index (χ2v) is 11.2. The number of pyridine rings is 1. The van der Waals surface area contributed by atoms with Gasteiger partial charge in [0.05, 0.1) is 17.4 Å². The monoisotopic (exact) mass is 491 g/mol. The zero-order valence-corrected chi connectivity index (χ0v) is 21.0. The summed E-state index contributed by atoms with van der Waals surface area (Å²) in [7, 11) is -0.296. The lowest BCUT2D eigenvalue weighted by Crippen LogP contribution is -2.38. The standard InChI is InChI=1S/C24H33N3O4S2/c1-26(21-11-7-4-8-12-21)33(29,30)22-13-14-23(25-17-22)32-19-24(28)27(15-16-31-2)18-20-9-5-3-6-10-20/h3,5-6,9-10,13-14,17,21H,4,7-8,11-12,15-16,18-19H2,1-2H3. The van der Waals surface area contributed by atoms with Gasteiger partial charge >= 0.3 is 0 Å². The third-order valence-corrected chi connectivity index (χ3v) is 8.78. The fourth-order valence-electron chi connectivity index (χ4n) is 3.94. The Morgan fingerprint density at radius 2 is 1.85 bits per heavy atom. The van der Waals surface area contributed by atoms with E-state index in [1.807, 2.05) is 30.3 Å². The summed E-state index contributed by atoms with van der Waals surface area (Å²) in [5.41, 5.74) is 1.06. The SMILES string of the molecule is COCCN(Cc1ccccc1)C(=O)CSc1ccc(S(=O)(=O)N(C)C2CCCCC2)cn1. The van der Waals surface area contributed by atoms with E-state index in [0.29, 0.717) is 24.7 Å². The topological polar surface area (TPSA) is 79.8 Å². The number of ether oxygens (including phenoxy) is 1. The number of sulfonamides is 1. The van der Waals surface area contributed by atoms with Crippen molar-refractivity contribution >= 4 is 27.7 Å². The number of aromatic nitrogens is 1. The van der Waals surface area contributed by atoms with Gasteiger partial charge in [-0.05, 0) is 30.5 Å². The van der Waals surface area contributed by atoms with Gasteiger partial charge in [-0.3, -0.25) is 4.79 Å². The number of rotatable bonds is 11. The van der Waals surface area contributed by atoms with Gasteiger partial charge < -0.3 is 9.64 Å². The van der Waals surface area contributed by atoms with E-state index in [4.69, 9.17) is 4.74 Å². The molecule has 0 spiro atoms. The van der Waals surface area contributed by atoms with Gasteiger partial charge in [-0.25, -0.2) is 13.4 Å². The van der Waals surface area contributed by atoms with Crippen molar-refractivity contribution in [2.24, 2.45) is 0 Å². The Hall–Kier alpha value is -1.94. The molecule has 1 aromatic heterocycles. The molecule has 1 amide bonds. The lowest BCUT2D eigenvalue weighted by molar-refractivity contribution is -0.129. The molecule has 3 rings (SSSR count). The van der Waals surface area contributed by atoms with Crippen LogP contribution in [0.3, 0.4) is 0 Å². The third-order valence-electron chi connectivity index (χ3n) is 5.95. The molecule has 0 saturated heterocycles. The van der Waals surface area contributed by atoms with E-state index in [1.165, 1.54) is 28.7 Å². The van der Waals surface area contributed by atoms with E-state index < -0.39 is 10.0 Å². The molecule has 180 valence electrons. The van der Waals surface area contributed by atoms with Crippen molar-refractivity contribution in [3.05, 3.63) is 54.2 Å². The summed E-state index contributed by atoms with van der Waals surface area (Å²) in [6.45, 7) is 1.48. The van der Waals surface area contributed by atoms with Gasteiger partial charge in [0.15, 0.2) is 0 Å². The highest BCUT2D eigenvalue weighted by Crippen LogP contribution is 2.27. The fraction of sp³-hybridized carbons (Fsp3) is 0.500. The molecule has 1 aliphatic rings. The molecule has 7 nitrogen and oxygen atoms in total. The van der Waals surface area contributed by atoms with Crippen molar-refractivity contribution in [1.82, 2.24) is 14.2 Å². The van der Waals surface area contributed by atoms with Gasteiger partial charge in [-0.15, -0.1) is 0 Å². The highest BCUT2D eigenvalue weighted by Gasteiger charge is 2.29. The van der Waals surface area contributed by atoms with Crippen molar-refractivity contribution in [3.8, 4) is 0 Å². The number of carbonyl (C=O) groups is 1. The number of thioether (sulfide) groups is 1. The van der Waals surface area contributed by atoms with Crippen LogP contribution in [0, 0.1) is 0 Å². The maximum Gasteiger partial charge on any atom is 0.244 e. The van der Waals surface area contributed by atoms with Crippen LogP contribution >= 0.6 is 11.8 Å². The average Bonchev–Trinajstić information content (AvgIpc) is 2.86. The Labute approximate surface area is 201 Å². The zero-order chi connectivity index (χ0) is 23.7. The molecule has 0 bridgehead atoms. The molecule has 1 saturated carbocycles. The molecule has 33 heavy (non-hydrogen) atoms. The first-order valence-corrected chi connectivity index (χ1v) is 13.7. The first-order chi connectivity index (χ1) is 15.9. The normalized spacial score (nSPS) is 15.0. The minimum atomic E-state index is -3.57. The predicted molar refractivity (Wildman–Crippen MR) is 131 cm³/mol. The highest BCUT2D eigenvalue weighted by atomic mass is 32.2. The number of methoxy groups -OCH3 is 1. The fourth-order valence-corrected chi connectivity index (χ4v) is 6.04. The summed E-state index contributed by atoms with van der Waals surface area (Å²) >= 11 is 1.31. The molecule has 2 aromatic rings. The van der Waals surface area contributed by atoms with Crippen LogP contribution in [0.4, 0.5) is 0 Å². The Morgan fingerprint density at radius 3 is 2.48 bits per heavy atom. The summed E-state index contributed by atoms with van der Waals surface area (Å²) in [5.74, 6) is 0.203. The van der Waals surface area contributed by atoms with Crippen molar-refractivity contribution in [1.29, 1.82) is 0 Å². The lowest BCUT2D eigenvalue weighted by Gasteiger charge is -2.30. The molecule has 1 aliphatic carbocycles. The van der Waals surface area contributed by atoms with Crippen molar-refractivity contribution in [3.63, 3.8) is 0 Å². The van der Waals surface area contributed by atoms with Crippen LogP contribution in [-0.2, 0) is 26.1 Å². The van der Waals surface area contributed by atoms with Crippen LogP contribution in [-0.4, -0.2) is 67.6 Å². The first kappa shape index (κ1) is 25.7. The number of benzene rings is 1. The maximum atomic E-state index is 13.0. The van der Waals surface area contributed by atoms with Crippen LogP contribution in [0.15, 0.2) is 58.6 Å². The van der Waals surface area contributed by atoms with Crippen LogP contribution in [0.1, 0.15) is 37.7 Å². The number of carbonyl (C=O) groups excluding carboxylic acids is 1. The van der Waals surface area contributed by atoms with E-state index in [-0.39, 0.29) is 22.6 Å².